The molecular weight excluding hydrogens is 368 g/mol. The van der Waals surface area contributed by atoms with Gasteiger partial charge in [-0.1, -0.05) is 30.3 Å². The minimum atomic E-state index is -0.332. The number of nitrogens with one attached hydrogen (secondary N) is 1. The van der Waals surface area contributed by atoms with E-state index in [1.54, 1.807) is 6.07 Å². The molecule has 2 aromatic carbocycles. The van der Waals surface area contributed by atoms with Crippen LogP contribution in [-0.4, -0.2) is 11.8 Å². The lowest BCUT2D eigenvalue weighted by molar-refractivity contribution is -0.120. The Kier molecular flexibility index (Phi) is 4.61. The van der Waals surface area contributed by atoms with Crippen LogP contribution < -0.4 is 10.2 Å². The maximum Gasteiger partial charge on any atom is 0.282 e. The quantitative estimate of drug-likeness (QED) is 0.635. The number of aryl methyl sites for hydroxylation is 3. The number of carbonyl (C=O) groups excluding carboxylic acids is 2. The van der Waals surface area contributed by atoms with Crippen LogP contribution >= 0.6 is 11.3 Å². The van der Waals surface area contributed by atoms with Gasteiger partial charge in [0.2, 0.25) is 0 Å². The fraction of sp³-hybridized carbons (Fsp3) is 0.130. The molecule has 140 valence electrons. The van der Waals surface area contributed by atoms with Gasteiger partial charge in [0.1, 0.15) is 5.70 Å². The zero-order valence-electron chi connectivity index (χ0n) is 15.9. The van der Waals surface area contributed by atoms with E-state index < -0.39 is 0 Å². The number of thiophene rings is 1. The van der Waals surface area contributed by atoms with Gasteiger partial charge in [0, 0.05) is 10.6 Å². The average molecular weight is 388 g/mol. The van der Waals surface area contributed by atoms with Crippen LogP contribution in [0.5, 0.6) is 0 Å². The number of imide groups is 1. The molecule has 0 aliphatic carbocycles. The number of amides is 2. The van der Waals surface area contributed by atoms with Gasteiger partial charge in [0.15, 0.2) is 0 Å². The van der Waals surface area contributed by atoms with E-state index in [1.165, 1.54) is 21.8 Å². The topological polar surface area (TPSA) is 49.4 Å². The second-order valence-electron chi connectivity index (χ2n) is 6.88. The smallest absolute Gasteiger partial charge is 0.282 e. The fourth-order valence-electron chi connectivity index (χ4n) is 3.29. The fourth-order valence-corrected chi connectivity index (χ4v) is 4.06. The first-order chi connectivity index (χ1) is 13.5. The van der Waals surface area contributed by atoms with Gasteiger partial charge in [-0.2, -0.15) is 0 Å². The highest BCUT2D eigenvalue weighted by molar-refractivity contribution is 7.11. The third-order valence-corrected chi connectivity index (χ3v) is 5.87. The van der Waals surface area contributed by atoms with Crippen molar-refractivity contribution in [3.8, 4) is 0 Å². The van der Waals surface area contributed by atoms with Crippen molar-refractivity contribution in [3.05, 3.63) is 87.2 Å². The minimum absolute atomic E-state index is 0.298. The van der Waals surface area contributed by atoms with E-state index in [1.807, 2.05) is 74.7 Å². The van der Waals surface area contributed by atoms with Crippen molar-refractivity contribution in [2.24, 2.45) is 0 Å². The molecule has 4 rings (SSSR count). The van der Waals surface area contributed by atoms with Gasteiger partial charge >= 0.3 is 0 Å². The van der Waals surface area contributed by atoms with Crippen LogP contribution in [0.3, 0.4) is 0 Å². The van der Waals surface area contributed by atoms with Crippen molar-refractivity contribution < 1.29 is 9.59 Å². The summed E-state index contributed by atoms with van der Waals surface area (Å²) in [6, 6.07) is 17.1. The lowest BCUT2D eigenvalue weighted by Gasteiger charge is -2.17. The van der Waals surface area contributed by atoms with E-state index in [-0.39, 0.29) is 11.8 Å². The summed E-state index contributed by atoms with van der Waals surface area (Å²) in [4.78, 5) is 28.7. The Balaban J connectivity index is 1.82. The van der Waals surface area contributed by atoms with Crippen molar-refractivity contribution >= 4 is 40.1 Å². The molecule has 1 aliphatic heterocycles. The van der Waals surface area contributed by atoms with Crippen molar-refractivity contribution in [1.82, 2.24) is 0 Å². The third kappa shape index (κ3) is 3.04. The number of anilines is 2. The van der Waals surface area contributed by atoms with Crippen LogP contribution in [-0.2, 0) is 9.59 Å². The number of benzene rings is 2. The summed E-state index contributed by atoms with van der Waals surface area (Å²) in [5.41, 5.74) is 5.31. The predicted octanol–water partition coefficient (Wildman–Crippen LogP) is 5.07. The molecule has 28 heavy (non-hydrogen) atoms. The standard InChI is InChI=1S/C23H20N2O2S/c1-14-10-11-17(13-16(14)3)24-21-20(19-9-6-12-28-19)22(26)25(23(21)27)18-8-5-4-7-15(18)2/h4-13,24H,1-3H3. The Morgan fingerprint density at radius 1 is 0.821 bits per heavy atom. The molecule has 5 heteroatoms. The first-order valence-electron chi connectivity index (χ1n) is 9.04. The van der Waals surface area contributed by atoms with Gasteiger partial charge in [-0.05, 0) is 67.1 Å². The number of para-hydroxylation sites is 1. The average Bonchev–Trinajstić information content (AvgIpc) is 3.27. The normalized spacial score (nSPS) is 14.2. The summed E-state index contributed by atoms with van der Waals surface area (Å²) < 4.78 is 0. The first kappa shape index (κ1) is 18.2. The molecule has 2 amide bonds. The SMILES string of the molecule is Cc1ccc(NC2=C(c3cccs3)C(=O)N(c3ccccc3C)C2=O)cc1C. The Labute approximate surface area is 168 Å². The second-order valence-corrected chi connectivity index (χ2v) is 7.83. The number of hydrogen-bond donors (Lipinski definition) is 1. The predicted molar refractivity (Wildman–Crippen MR) is 114 cm³/mol. The lowest BCUT2D eigenvalue weighted by Crippen LogP contribution is -2.32. The minimum Gasteiger partial charge on any atom is -0.350 e. The summed E-state index contributed by atoms with van der Waals surface area (Å²) >= 11 is 1.45. The van der Waals surface area contributed by atoms with Crippen molar-refractivity contribution in [1.29, 1.82) is 0 Å². The van der Waals surface area contributed by atoms with Crippen LogP contribution in [0.4, 0.5) is 11.4 Å². The maximum atomic E-state index is 13.3. The van der Waals surface area contributed by atoms with Gasteiger partial charge in [0.25, 0.3) is 11.8 Å². The summed E-state index contributed by atoms with van der Waals surface area (Å²) in [5, 5.41) is 5.13. The number of hydrogen-bond acceptors (Lipinski definition) is 4. The molecule has 0 radical (unpaired) electrons. The Bertz CT molecular complexity index is 1110. The molecule has 1 N–H and O–H groups in total. The lowest BCUT2D eigenvalue weighted by atomic mass is 10.1. The van der Waals surface area contributed by atoms with Crippen LogP contribution in [0.1, 0.15) is 21.6 Å². The van der Waals surface area contributed by atoms with Crippen LogP contribution in [0.15, 0.2) is 65.7 Å². The van der Waals surface area contributed by atoms with E-state index in [9.17, 15) is 9.59 Å². The van der Waals surface area contributed by atoms with Gasteiger partial charge in [-0.25, -0.2) is 4.90 Å². The highest BCUT2D eigenvalue weighted by atomic mass is 32.1. The molecule has 2 heterocycles. The maximum absolute atomic E-state index is 13.3. The van der Waals surface area contributed by atoms with E-state index in [2.05, 4.69) is 5.32 Å². The molecule has 0 fully saturated rings. The summed E-state index contributed by atoms with van der Waals surface area (Å²) in [7, 11) is 0. The van der Waals surface area contributed by atoms with Crippen molar-refractivity contribution in [2.45, 2.75) is 20.8 Å². The molecule has 0 bridgehead atoms. The van der Waals surface area contributed by atoms with E-state index in [0.29, 0.717) is 17.0 Å². The molecule has 3 aromatic rings. The van der Waals surface area contributed by atoms with Gasteiger partial charge in [-0.3, -0.25) is 9.59 Å². The summed E-state index contributed by atoms with van der Waals surface area (Å²) in [6.45, 7) is 5.96. The van der Waals surface area contributed by atoms with Gasteiger partial charge in [-0.15, -0.1) is 11.3 Å². The van der Waals surface area contributed by atoms with Crippen LogP contribution in [0.2, 0.25) is 0 Å². The molecule has 1 aliphatic rings. The molecule has 0 atom stereocenters. The Hall–Kier alpha value is -3.18. The number of nitrogens with zero attached hydrogens (tertiary/aromatic N) is 1. The zero-order valence-corrected chi connectivity index (χ0v) is 16.8. The van der Waals surface area contributed by atoms with Crippen LogP contribution in [0, 0.1) is 20.8 Å². The molecule has 0 saturated heterocycles. The highest BCUT2D eigenvalue weighted by Crippen LogP contribution is 2.36. The number of rotatable bonds is 4. The first-order valence-corrected chi connectivity index (χ1v) is 9.92. The largest absolute Gasteiger partial charge is 0.350 e. The van der Waals surface area contributed by atoms with Crippen molar-refractivity contribution in [3.63, 3.8) is 0 Å². The molecule has 0 saturated carbocycles. The molecule has 0 spiro atoms. The monoisotopic (exact) mass is 388 g/mol. The zero-order chi connectivity index (χ0) is 19.8. The molecule has 1 aromatic heterocycles. The second kappa shape index (κ2) is 7.09. The Morgan fingerprint density at radius 3 is 2.29 bits per heavy atom. The Morgan fingerprint density at radius 2 is 1.61 bits per heavy atom. The third-order valence-electron chi connectivity index (χ3n) is 4.98. The van der Waals surface area contributed by atoms with E-state index >= 15 is 0 Å². The van der Waals surface area contributed by atoms with Crippen molar-refractivity contribution in [2.75, 3.05) is 10.2 Å². The summed E-state index contributed by atoms with van der Waals surface area (Å²) in [5.74, 6) is -0.631. The van der Waals surface area contributed by atoms with E-state index in [4.69, 9.17) is 0 Å². The summed E-state index contributed by atoms with van der Waals surface area (Å²) in [6.07, 6.45) is 0. The molecule has 4 nitrogen and oxygen atoms in total. The number of carbonyl (C=O) groups is 2. The molecular formula is C23H20N2O2S. The van der Waals surface area contributed by atoms with E-state index in [0.717, 1.165) is 21.7 Å². The molecule has 0 unspecified atom stereocenters. The highest BCUT2D eigenvalue weighted by Gasteiger charge is 2.41. The van der Waals surface area contributed by atoms with Gasteiger partial charge in [0.05, 0.1) is 11.3 Å². The van der Waals surface area contributed by atoms with Gasteiger partial charge < -0.3 is 5.32 Å². The van der Waals surface area contributed by atoms with Crippen LogP contribution in [0.25, 0.3) is 5.57 Å².